The molecule has 124 valence electrons. The summed E-state index contributed by atoms with van der Waals surface area (Å²) in [6.45, 7) is 2.90. The van der Waals surface area contributed by atoms with E-state index in [1.54, 1.807) is 44.4 Å². The molecule has 24 heavy (non-hydrogen) atoms. The van der Waals surface area contributed by atoms with E-state index in [1.165, 1.54) is 0 Å². The molecular weight excluding hydrogens is 306 g/mol. The van der Waals surface area contributed by atoms with Crippen LogP contribution in [0.4, 0.5) is 11.6 Å². The molecule has 0 atom stereocenters. The number of ether oxygens (including phenoxy) is 1. The minimum Gasteiger partial charge on any atom is -0.385 e. The van der Waals surface area contributed by atoms with Gasteiger partial charge in [-0.15, -0.1) is 0 Å². The molecule has 0 unspecified atom stereocenters. The maximum Gasteiger partial charge on any atom is 0.270 e. The number of amides is 1. The number of nitrogens with zero attached hydrogens (tertiary/aromatic N) is 3. The first kappa shape index (κ1) is 17.4. The lowest BCUT2D eigenvalue weighted by molar-refractivity contribution is 0.0943. The van der Waals surface area contributed by atoms with Crippen LogP contribution in [0.2, 0.25) is 0 Å². The molecule has 0 radical (unpaired) electrons. The Morgan fingerprint density at radius 1 is 1.33 bits per heavy atom. The Hall–Kier alpha value is -2.98. The van der Waals surface area contributed by atoms with Gasteiger partial charge in [-0.1, -0.05) is 6.07 Å². The number of benzene rings is 1. The maximum atomic E-state index is 12.2. The number of nitriles is 1. The molecule has 7 nitrogen and oxygen atoms in total. The van der Waals surface area contributed by atoms with Crippen LogP contribution in [0.25, 0.3) is 0 Å². The van der Waals surface area contributed by atoms with Gasteiger partial charge in [-0.3, -0.25) is 4.79 Å². The number of nitrogens with one attached hydrogen (secondary N) is 2. The second-order valence-electron chi connectivity index (χ2n) is 5.14. The van der Waals surface area contributed by atoms with Crippen LogP contribution in [0.5, 0.6) is 0 Å². The van der Waals surface area contributed by atoms with Crippen molar-refractivity contribution < 1.29 is 9.53 Å². The summed E-state index contributed by atoms with van der Waals surface area (Å²) in [6, 6.07) is 10.7. The van der Waals surface area contributed by atoms with E-state index in [1.807, 2.05) is 0 Å². The van der Waals surface area contributed by atoms with Gasteiger partial charge in [0.1, 0.15) is 5.69 Å². The molecule has 1 amide bonds. The van der Waals surface area contributed by atoms with E-state index in [0.29, 0.717) is 41.7 Å². The number of carbonyl (C=O) groups excluding carboxylic acids is 1. The average molecular weight is 325 g/mol. The minimum absolute atomic E-state index is 0.259. The van der Waals surface area contributed by atoms with Gasteiger partial charge in [0.25, 0.3) is 5.91 Å². The van der Waals surface area contributed by atoms with E-state index < -0.39 is 0 Å². The highest BCUT2D eigenvalue weighted by molar-refractivity contribution is 5.92. The zero-order valence-electron chi connectivity index (χ0n) is 13.7. The third kappa shape index (κ3) is 5.04. The second-order valence-corrected chi connectivity index (χ2v) is 5.14. The Bertz CT molecular complexity index is 755. The Labute approximate surface area is 140 Å². The smallest absolute Gasteiger partial charge is 0.270 e. The lowest BCUT2D eigenvalue weighted by Crippen LogP contribution is -2.26. The molecule has 0 saturated heterocycles. The topological polar surface area (TPSA) is 99.9 Å². The average Bonchev–Trinajstić information content (AvgIpc) is 2.58. The standard InChI is InChI=1S/C17H19N5O2/c1-12-9-15(16(23)19-7-4-8-24-2)22-17(20-12)21-14-6-3-5-13(10-14)11-18/h3,5-6,9-10H,4,7-8H2,1-2H3,(H,19,23)(H,20,21,22). The number of anilines is 2. The molecule has 1 aromatic heterocycles. The molecule has 2 aromatic rings. The molecule has 0 aliphatic heterocycles. The molecule has 2 N–H and O–H groups in total. The quantitative estimate of drug-likeness (QED) is 0.757. The highest BCUT2D eigenvalue weighted by atomic mass is 16.5. The van der Waals surface area contributed by atoms with Gasteiger partial charge < -0.3 is 15.4 Å². The third-order valence-corrected chi connectivity index (χ3v) is 3.15. The minimum atomic E-state index is -0.259. The van der Waals surface area contributed by atoms with Gasteiger partial charge in [-0.05, 0) is 37.6 Å². The van der Waals surface area contributed by atoms with Crippen LogP contribution in [-0.4, -0.2) is 36.1 Å². The largest absolute Gasteiger partial charge is 0.385 e. The number of aryl methyl sites for hydroxylation is 1. The summed E-state index contributed by atoms with van der Waals surface area (Å²) in [4.78, 5) is 20.7. The first-order chi connectivity index (χ1) is 11.6. The van der Waals surface area contributed by atoms with Gasteiger partial charge in [0.2, 0.25) is 5.95 Å². The predicted molar refractivity (Wildman–Crippen MR) is 90.0 cm³/mol. The normalized spacial score (nSPS) is 10.0. The van der Waals surface area contributed by atoms with E-state index >= 15 is 0 Å². The van der Waals surface area contributed by atoms with Crippen molar-refractivity contribution in [3.8, 4) is 6.07 Å². The predicted octanol–water partition coefficient (Wildman–Crippen LogP) is 2.17. The molecule has 2 rings (SSSR count). The van der Waals surface area contributed by atoms with Crippen molar-refractivity contribution in [3.63, 3.8) is 0 Å². The van der Waals surface area contributed by atoms with Crippen LogP contribution in [-0.2, 0) is 4.74 Å². The van der Waals surface area contributed by atoms with Crippen LogP contribution < -0.4 is 10.6 Å². The first-order valence-corrected chi connectivity index (χ1v) is 7.52. The van der Waals surface area contributed by atoms with E-state index in [2.05, 4.69) is 26.7 Å². The fourth-order valence-electron chi connectivity index (χ4n) is 2.05. The zero-order chi connectivity index (χ0) is 17.4. The summed E-state index contributed by atoms with van der Waals surface area (Å²) in [5.74, 6) is 0.0533. The highest BCUT2D eigenvalue weighted by Gasteiger charge is 2.10. The molecule has 0 fully saturated rings. The molecule has 0 aliphatic rings. The zero-order valence-corrected chi connectivity index (χ0v) is 13.7. The molecule has 0 saturated carbocycles. The monoisotopic (exact) mass is 325 g/mol. The number of hydrogen-bond donors (Lipinski definition) is 2. The molecular formula is C17H19N5O2. The van der Waals surface area contributed by atoms with Crippen molar-refractivity contribution in [3.05, 3.63) is 47.3 Å². The van der Waals surface area contributed by atoms with E-state index in [4.69, 9.17) is 10.00 Å². The summed E-state index contributed by atoms with van der Waals surface area (Å²) in [6.07, 6.45) is 0.734. The summed E-state index contributed by atoms with van der Waals surface area (Å²) in [5, 5.41) is 14.7. The fourth-order valence-corrected chi connectivity index (χ4v) is 2.05. The lowest BCUT2D eigenvalue weighted by Gasteiger charge is -2.09. The van der Waals surface area contributed by atoms with E-state index in [0.717, 1.165) is 6.42 Å². The van der Waals surface area contributed by atoms with E-state index in [9.17, 15) is 4.79 Å². The van der Waals surface area contributed by atoms with Crippen molar-refractivity contribution in [2.75, 3.05) is 25.6 Å². The first-order valence-electron chi connectivity index (χ1n) is 7.52. The van der Waals surface area contributed by atoms with Gasteiger partial charge >= 0.3 is 0 Å². The summed E-state index contributed by atoms with van der Waals surface area (Å²) < 4.78 is 4.94. The summed E-state index contributed by atoms with van der Waals surface area (Å²) in [5.41, 5.74) is 2.18. The highest BCUT2D eigenvalue weighted by Crippen LogP contribution is 2.15. The molecule has 7 heteroatoms. The third-order valence-electron chi connectivity index (χ3n) is 3.15. The van der Waals surface area contributed by atoms with Crippen molar-refractivity contribution in [1.82, 2.24) is 15.3 Å². The molecule has 0 bridgehead atoms. The number of carbonyl (C=O) groups is 1. The molecule has 1 heterocycles. The van der Waals surface area contributed by atoms with Crippen LogP contribution in [0, 0.1) is 18.3 Å². The van der Waals surface area contributed by atoms with Crippen LogP contribution in [0.3, 0.4) is 0 Å². The summed E-state index contributed by atoms with van der Waals surface area (Å²) >= 11 is 0. The van der Waals surface area contributed by atoms with Gasteiger partial charge in [-0.25, -0.2) is 9.97 Å². The van der Waals surface area contributed by atoms with Gasteiger partial charge in [0, 0.05) is 31.6 Å². The van der Waals surface area contributed by atoms with Crippen molar-refractivity contribution >= 4 is 17.5 Å². The Kier molecular flexibility index (Phi) is 6.23. The number of hydrogen-bond acceptors (Lipinski definition) is 6. The molecule has 0 aliphatic carbocycles. The van der Waals surface area contributed by atoms with Gasteiger partial charge in [-0.2, -0.15) is 5.26 Å². The number of rotatable bonds is 7. The van der Waals surface area contributed by atoms with Crippen molar-refractivity contribution in [1.29, 1.82) is 5.26 Å². The van der Waals surface area contributed by atoms with Crippen LogP contribution in [0.1, 0.15) is 28.2 Å². The van der Waals surface area contributed by atoms with Gasteiger partial charge in [0.05, 0.1) is 11.6 Å². The number of methoxy groups -OCH3 is 1. The lowest BCUT2D eigenvalue weighted by atomic mass is 10.2. The molecule has 1 aromatic carbocycles. The fraction of sp³-hybridized carbons (Fsp3) is 0.294. The Morgan fingerprint density at radius 3 is 2.92 bits per heavy atom. The van der Waals surface area contributed by atoms with Crippen molar-refractivity contribution in [2.45, 2.75) is 13.3 Å². The van der Waals surface area contributed by atoms with Crippen LogP contribution in [0.15, 0.2) is 30.3 Å². The van der Waals surface area contributed by atoms with Crippen LogP contribution >= 0.6 is 0 Å². The van der Waals surface area contributed by atoms with Crippen molar-refractivity contribution in [2.24, 2.45) is 0 Å². The SMILES string of the molecule is COCCCNC(=O)c1cc(C)nc(Nc2cccc(C#N)c2)n1. The Morgan fingerprint density at radius 2 is 2.17 bits per heavy atom. The van der Waals surface area contributed by atoms with Gasteiger partial charge in [0.15, 0.2) is 0 Å². The summed E-state index contributed by atoms with van der Waals surface area (Å²) in [7, 11) is 1.62. The molecule has 0 spiro atoms. The number of aromatic nitrogens is 2. The van der Waals surface area contributed by atoms with E-state index in [-0.39, 0.29) is 5.91 Å². The second kappa shape index (κ2) is 8.60. The maximum absolute atomic E-state index is 12.2. The Balaban J connectivity index is 2.10.